The molecule has 166 valence electrons. The van der Waals surface area contributed by atoms with Gasteiger partial charge in [0.1, 0.15) is 29.8 Å². The Bertz CT molecular complexity index is 1320. The molecule has 0 spiro atoms. The third-order valence-electron chi connectivity index (χ3n) is 5.86. The van der Waals surface area contributed by atoms with E-state index >= 15 is 0 Å². The fraction of sp³-hybridized carbons (Fsp3) is 0.167. The van der Waals surface area contributed by atoms with E-state index in [0.29, 0.717) is 16.6 Å². The van der Waals surface area contributed by atoms with E-state index in [1.807, 2.05) is 48.5 Å². The lowest BCUT2D eigenvalue weighted by atomic mass is 9.98. The molecule has 1 aliphatic carbocycles. The van der Waals surface area contributed by atoms with Gasteiger partial charge >= 0.3 is 12.1 Å². The van der Waals surface area contributed by atoms with E-state index in [4.69, 9.17) is 16.3 Å². The van der Waals surface area contributed by atoms with Crippen molar-refractivity contribution in [3.63, 3.8) is 0 Å². The number of alkyl carbamates (subject to hydrolysis) is 1. The van der Waals surface area contributed by atoms with Gasteiger partial charge in [0.05, 0.1) is 5.39 Å². The average molecular weight is 463 g/mol. The molecule has 1 amide bonds. The lowest BCUT2D eigenvalue weighted by molar-refractivity contribution is -0.139. The number of carboxylic acid groups (broad SMARTS) is 1. The van der Waals surface area contributed by atoms with Crippen molar-refractivity contribution < 1.29 is 19.4 Å². The molecule has 0 radical (unpaired) electrons. The van der Waals surface area contributed by atoms with Crippen LogP contribution < -0.4 is 5.32 Å². The van der Waals surface area contributed by atoms with Gasteiger partial charge in [0.15, 0.2) is 0 Å². The summed E-state index contributed by atoms with van der Waals surface area (Å²) >= 11 is 6.15. The molecule has 33 heavy (non-hydrogen) atoms. The van der Waals surface area contributed by atoms with Crippen molar-refractivity contribution in [2.24, 2.45) is 0 Å². The first kappa shape index (κ1) is 21.0. The summed E-state index contributed by atoms with van der Waals surface area (Å²) in [5, 5.41) is 12.8. The number of benzene rings is 2. The number of nitrogens with zero attached hydrogens (tertiary/aromatic N) is 2. The molecule has 0 aliphatic heterocycles. The van der Waals surface area contributed by atoms with E-state index in [2.05, 4.69) is 20.3 Å². The summed E-state index contributed by atoms with van der Waals surface area (Å²) in [4.78, 5) is 35.3. The SMILES string of the molecule is O=C(NC(Cc1c[nH]c2ncnc(Cl)c12)C(=O)O)OCC1c2ccccc2-c2ccccc21. The van der Waals surface area contributed by atoms with Crippen LogP contribution in [0.4, 0.5) is 4.79 Å². The molecular formula is C24H19ClN4O4. The van der Waals surface area contributed by atoms with Crippen LogP contribution in [0, 0.1) is 0 Å². The number of H-pyrrole nitrogens is 1. The van der Waals surface area contributed by atoms with Gasteiger partial charge in [-0.25, -0.2) is 19.6 Å². The van der Waals surface area contributed by atoms with Gasteiger partial charge in [0.2, 0.25) is 0 Å². The van der Waals surface area contributed by atoms with Crippen LogP contribution in [-0.2, 0) is 16.0 Å². The molecule has 1 unspecified atom stereocenters. The number of aromatic nitrogens is 3. The van der Waals surface area contributed by atoms with Gasteiger partial charge in [-0.3, -0.25) is 0 Å². The molecule has 5 rings (SSSR count). The lowest BCUT2D eigenvalue weighted by Gasteiger charge is -2.17. The standard InChI is InChI=1S/C24H19ClN4O4/c25-21-20-13(10-26-22(20)28-12-27-21)9-19(23(30)31)29-24(32)33-11-18-16-7-3-1-5-14(16)15-6-2-4-8-17(15)18/h1-8,10,12,18-19H,9,11H2,(H,29,32)(H,30,31)(H,26,27,28). The topological polar surface area (TPSA) is 117 Å². The van der Waals surface area contributed by atoms with Crippen LogP contribution in [-0.4, -0.2) is 44.8 Å². The second-order valence-corrected chi connectivity index (χ2v) is 8.12. The summed E-state index contributed by atoms with van der Waals surface area (Å²) in [7, 11) is 0. The Morgan fingerprint density at radius 2 is 1.76 bits per heavy atom. The van der Waals surface area contributed by atoms with E-state index < -0.39 is 18.1 Å². The molecule has 0 fully saturated rings. The van der Waals surface area contributed by atoms with Crippen molar-refractivity contribution in [3.05, 3.63) is 82.9 Å². The summed E-state index contributed by atoms with van der Waals surface area (Å²) in [6.07, 6.45) is 2.12. The molecule has 4 aromatic rings. The quantitative estimate of drug-likeness (QED) is 0.371. The molecule has 2 aromatic carbocycles. The predicted molar refractivity (Wildman–Crippen MR) is 122 cm³/mol. The van der Waals surface area contributed by atoms with Gasteiger partial charge in [-0.2, -0.15) is 0 Å². The van der Waals surface area contributed by atoms with Crippen molar-refractivity contribution in [1.29, 1.82) is 0 Å². The number of carboxylic acids is 1. The Labute approximate surface area is 193 Å². The van der Waals surface area contributed by atoms with Crippen molar-refractivity contribution in [1.82, 2.24) is 20.3 Å². The van der Waals surface area contributed by atoms with Gasteiger partial charge in [0.25, 0.3) is 0 Å². The predicted octanol–water partition coefficient (Wildman–Crippen LogP) is 4.15. The number of hydrogen-bond donors (Lipinski definition) is 3. The second-order valence-electron chi connectivity index (χ2n) is 7.77. The number of carbonyl (C=O) groups excluding carboxylic acids is 1. The van der Waals surface area contributed by atoms with Crippen molar-refractivity contribution in [2.75, 3.05) is 6.61 Å². The number of amides is 1. The summed E-state index contributed by atoms with van der Waals surface area (Å²) in [6.45, 7) is 0.0962. The fourth-order valence-electron chi connectivity index (χ4n) is 4.35. The Kier molecular flexibility index (Phi) is 5.43. The number of hydrogen-bond acceptors (Lipinski definition) is 5. The molecule has 0 saturated heterocycles. The van der Waals surface area contributed by atoms with Crippen LogP contribution in [0.3, 0.4) is 0 Å². The molecule has 2 heterocycles. The van der Waals surface area contributed by atoms with E-state index in [1.165, 1.54) is 6.33 Å². The molecule has 9 heteroatoms. The smallest absolute Gasteiger partial charge is 0.407 e. The maximum absolute atomic E-state index is 12.5. The minimum atomic E-state index is -1.21. The molecule has 1 atom stereocenters. The molecule has 3 N–H and O–H groups in total. The first-order valence-corrected chi connectivity index (χ1v) is 10.7. The van der Waals surface area contributed by atoms with Crippen LogP contribution in [0.2, 0.25) is 5.15 Å². The van der Waals surface area contributed by atoms with Gasteiger partial charge in [-0.1, -0.05) is 60.1 Å². The number of aliphatic carboxylic acids is 1. The molecule has 0 bridgehead atoms. The minimum absolute atomic E-state index is 0.00732. The first-order chi connectivity index (χ1) is 16.0. The van der Waals surface area contributed by atoms with Gasteiger partial charge in [-0.15, -0.1) is 0 Å². The summed E-state index contributed by atoms with van der Waals surface area (Å²) in [6, 6.07) is 14.8. The maximum Gasteiger partial charge on any atom is 0.407 e. The number of rotatable bonds is 6. The molecule has 2 aromatic heterocycles. The van der Waals surface area contributed by atoms with Gasteiger partial charge < -0.3 is 20.1 Å². The second kappa shape index (κ2) is 8.55. The summed E-state index contributed by atoms with van der Waals surface area (Å²) < 4.78 is 5.48. The van der Waals surface area contributed by atoms with Crippen LogP contribution in [0.25, 0.3) is 22.2 Å². The van der Waals surface area contributed by atoms with E-state index in [-0.39, 0.29) is 24.1 Å². The molecule has 0 saturated carbocycles. The monoisotopic (exact) mass is 462 g/mol. The van der Waals surface area contributed by atoms with Gasteiger partial charge in [0, 0.05) is 18.5 Å². The third-order valence-corrected chi connectivity index (χ3v) is 6.15. The zero-order chi connectivity index (χ0) is 22.9. The Balaban J connectivity index is 1.29. The zero-order valence-corrected chi connectivity index (χ0v) is 18.0. The van der Waals surface area contributed by atoms with Crippen LogP contribution in [0.15, 0.2) is 61.1 Å². The Hall–Kier alpha value is -3.91. The van der Waals surface area contributed by atoms with E-state index in [1.54, 1.807) is 6.20 Å². The number of carbonyl (C=O) groups is 2. The number of halogens is 1. The number of ether oxygens (including phenoxy) is 1. The number of aromatic amines is 1. The largest absolute Gasteiger partial charge is 0.480 e. The maximum atomic E-state index is 12.5. The zero-order valence-electron chi connectivity index (χ0n) is 17.3. The van der Waals surface area contributed by atoms with Crippen LogP contribution in [0.1, 0.15) is 22.6 Å². The minimum Gasteiger partial charge on any atom is -0.480 e. The van der Waals surface area contributed by atoms with E-state index in [0.717, 1.165) is 22.3 Å². The van der Waals surface area contributed by atoms with Gasteiger partial charge in [-0.05, 0) is 27.8 Å². The van der Waals surface area contributed by atoms with Crippen LogP contribution in [0.5, 0.6) is 0 Å². The molecule has 8 nitrogen and oxygen atoms in total. The highest BCUT2D eigenvalue weighted by Crippen LogP contribution is 2.44. The molecule has 1 aliphatic rings. The third kappa shape index (κ3) is 3.89. The Morgan fingerprint density at radius 3 is 2.42 bits per heavy atom. The normalized spacial score (nSPS) is 13.4. The Morgan fingerprint density at radius 1 is 1.09 bits per heavy atom. The fourth-order valence-corrected chi connectivity index (χ4v) is 4.60. The van der Waals surface area contributed by atoms with Crippen molar-refractivity contribution >= 4 is 34.7 Å². The highest BCUT2D eigenvalue weighted by molar-refractivity contribution is 6.34. The number of fused-ring (bicyclic) bond motifs is 4. The molecular weight excluding hydrogens is 444 g/mol. The van der Waals surface area contributed by atoms with Crippen molar-refractivity contribution in [3.8, 4) is 11.1 Å². The summed E-state index contributed by atoms with van der Waals surface area (Å²) in [5.74, 6) is -1.30. The van der Waals surface area contributed by atoms with Crippen molar-refractivity contribution in [2.45, 2.75) is 18.4 Å². The lowest BCUT2D eigenvalue weighted by Crippen LogP contribution is -2.42. The first-order valence-electron chi connectivity index (χ1n) is 10.3. The average Bonchev–Trinajstić information content (AvgIpc) is 3.37. The summed E-state index contributed by atoms with van der Waals surface area (Å²) in [5.41, 5.74) is 5.47. The van der Waals surface area contributed by atoms with E-state index in [9.17, 15) is 14.7 Å². The van der Waals surface area contributed by atoms with Crippen LogP contribution >= 0.6 is 11.6 Å². The highest BCUT2D eigenvalue weighted by Gasteiger charge is 2.30. The highest BCUT2D eigenvalue weighted by atomic mass is 35.5. The number of nitrogens with one attached hydrogen (secondary N) is 2.